The van der Waals surface area contributed by atoms with Crippen molar-refractivity contribution in [2.24, 2.45) is 0 Å². The minimum absolute atomic E-state index is 0.212. The van der Waals surface area contributed by atoms with Crippen molar-refractivity contribution in [3.63, 3.8) is 0 Å². The van der Waals surface area contributed by atoms with E-state index in [9.17, 15) is 9.18 Å². The number of nitrogens with zero attached hydrogens (tertiary/aromatic N) is 2. The second-order valence-corrected chi connectivity index (χ2v) is 7.28. The standard InChI is InChI=1S/C19H17FN2O2S2/c1-13(23)22(18-6-4-3-5-17(18)20)19-21-14(12-26-19)11-25-16-9-7-15(24-2)8-10-16/h3-10,12H,11H2,1-2H3. The number of aromatic nitrogens is 1. The third-order valence-corrected chi connectivity index (χ3v) is 5.51. The summed E-state index contributed by atoms with van der Waals surface area (Å²) in [4.78, 5) is 19.0. The van der Waals surface area contributed by atoms with Crippen molar-refractivity contribution >= 4 is 39.8 Å². The van der Waals surface area contributed by atoms with Crippen LogP contribution in [0, 0.1) is 5.82 Å². The molecule has 0 saturated carbocycles. The zero-order chi connectivity index (χ0) is 18.5. The molecule has 1 heterocycles. The fraction of sp³-hybridized carbons (Fsp3) is 0.158. The quantitative estimate of drug-likeness (QED) is 0.540. The molecule has 2 aromatic carbocycles. The fourth-order valence-corrected chi connectivity index (χ4v) is 4.11. The first-order valence-electron chi connectivity index (χ1n) is 7.85. The SMILES string of the molecule is COc1ccc(SCc2csc(N(C(C)=O)c3ccccc3F)n2)cc1. The van der Waals surface area contributed by atoms with E-state index in [-0.39, 0.29) is 11.6 Å². The average Bonchev–Trinajstić information content (AvgIpc) is 3.10. The van der Waals surface area contributed by atoms with Crippen molar-refractivity contribution in [2.45, 2.75) is 17.6 Å². The Labute approximate surface area is 159 Å². The van der Waals surface area contributed by atoms with E-state index in [0.717, 1.165) is 16.3 Å². The molecule has 0 spiro atoms. The van der Waals surface area contributed by atoms with Gasteiger partial charge in [0.05, 0.1) is 18.5 Å². The van der Waals surface area contributed by atoms with Crippen molar-refractivity contribution in [3.05, 3.63) is 65.4 Å². The highest BCUT2D eigenvalue weighted by atomic mass is 32.2. The molecule has 0 bridgehead atoms. The molecule has 0 aliphatic heterocycles. The lowest BCUT2D eigenvalue weighted by molar-refractivity contribution is -0.115. The van der Waals surface area contributed by atoms with Crippen molar-refractivity contribution in [2.75, 3.05) is 12.0 Å². The number of rotatable bonds is 6. The smallest absolute Gasteiger partial charge is 0.230 e. The van der Waals surface area contributed by atoms with Gasteiger partial charge in [-0.1, -0.05) is 12.1 Å². The Morgan fingerprint density at radius 2 is 1.96 bits per heavy atom. The second-order valence-electron chi connectivity index (χ2n) is 5.39. The van der Waals surface area contributed by atoms with Gasteiger partial charge in [0.15, 0.2) is 5.13 Å². The van der Waals surface area contributed by atoms with E-state index < -0.39 is 5.82 Å². The molecule has 0 N–H and O–H groups in total. The van der Waals surface area contributed by atoms with Gasteiger partial charge in [0.1, 0.15) is 11.6 Å². The second kappa shape index (κ2) is 8.33. The van der Waals surface area contributed by atoms with Gasteiger partial charge in [0.25, 0.3) is 0 Å². The van der Waals surface area contributed by atoms with E-state index in [1.807, 2.05) is 29.6 Å². The van der Waals surface area contributed by atoms with Gasteiger partial charge in [-0.3, -0.25) is 9.69 Å². The molecule has 0 fully saturated rings. The molecule has 1 aromatic heterocycles. The summed E-state index contributed by atoms with van der Waals surface area (Å²) in [5.41, 5.74) is 1.05. The van der Waals surface area contributed by atoms with Crippen LogP contribution in [0.2, 0.25) is 0 Å². The lowest BCUT2D eigenvalue weighted by Gasteiger charge is -2.18. The van der Waals surface area contributed by atoms with Gasteiger partial charge in [-0.15, -0.1) is 23.1 Å². The molecule has 0 unspecified atom stereocenters. The highest BCUT2D eigenvalue weighted by Crippen LogP contribution is 2.32. The van der Waals surface area contributed by atoms with Crippen molar-refractivity contribution in [1.82, 2.24) is 4.98 Å². The Hall–Kier alpha value is -2.38. The van der Waals surface area contributed by atoms with Crippen LogP contribution >= 0.6 is 23.1 Å². The summed E-state index contributed by atoms with van der Waals surface area (Å²) in [7, 11) is 1.63. The molecule has 3 aromatic rings. The number of thioether (sulfide) groups is 1. The van der Waals surface area contributed by atoms with Gasteiger partial charge in [0.2, 0.25) is 5.91 Å². The minimum Gasteiger partial charge on any atom is -0.497 e. The van der Waals surface area contributed by atoms with Gasteiger partial charge in [0, 0.05) is 23.0 Å². The number of amides is 1. The number of thiazole rings is 1. The van der Waals surface area contributed by atoms with Crippen LogP contribution in [0.15, 0.2) is 58.8 Å². The van der Waals surface area contributed by atoms with Crippen molar-refractivity contribution in [1.29, 1.82) is 0 Å². The van der Waals surface area contributed by atoms with Crippen LogP contribution in [-0.4, -0.2) is 18.0 Å². The number of para-hydroxylation sites is 1. The number of hydrogen-bond acceptors (Lipinski definition) is 5. The predicted octanol–water partition coefficient (Wildman–Crippen LogP) is 5.27. The van der Waals surface area contributed by atoms with E-state index in [1.54, 1.807) is 37.1 Å². The Bertz CT molecular complexity index is 897. The minimum atomic E-state index is -0.452. The maximum atomic E-state index is 14.1. The van der Waals surface area contributed by atoms with Gasteiger partial charge in [-0.05, 0) is 36.4 Å². The normalized spacial score (nSPS) is 10.6. The molecule has 26 heavy (non-hydrogen) atoms. The molecule has 1 amide bonds. The number of hydrogen-bond donors (Lipinski definition) is 0. The first-order chi connectivity index (χ1) is 12.6. The van der Waals surface area contributed by atoms with Crippen LogP contribution in [-0.2, 0) is 10.5 Å². The molecule has 7 heteroatoms. The van der Waals surface area contributed by atoms with Crippen LogP contribution in [0.1, 0.15) is 12.6 Å². The average molecular weight is 388 g/mol. The maximum absolute atomic E-state index is 14.1. The number of methoxy groups -OCH3 is 1. The number of carbonyl (C=O) groups is 1. The highest BCUT2D eigenvalue weighted by Gasteiger charge is 2.20. The Balaban J connectivity index is 1.75. The van der Waals surface area contributed by atoms with Crippen LogP contribution in [0.5, 0.6) is 5.75 Å². The molecule has 4 nitrogen and oxygen atoms in total. The predicted molar refractivity (Wildman–Crippen MR) is 104 cm³/mol. The fourth-order valence-electron chi connectivity index (χ4n) is 2.33. The number of benzene rings is 2. The molecule has 0 atom stereocenters. The number of carbonyl (C=O) groups excluding carboxylic acids is 1. The zero-order valence-electron chi connectivity index (χ0n) is 14.3. The monoisotopic (exact) mass is 388 g/mol. The summed E-state index contributed by atoms with van der Waals surface area (Å²) >= 11 is 2.96. The molecule has 0 radical (unpaired) electrons. The first kappa shape index (κ1) is 18.4. The summed E-state index contributed by atoms with van der Waals surface area (Å²) in [6.45, 7) is 1.40. The number of ether oxygens (including phenoxy) is 1. The van der Waals surface area contributed by atoms with E-state index in [0.29, 0.717) is 10.9 Å². The Kier molecular flexibility index (Phi) is 5.90. The Morgan fingerprint density at radius 3 is 2.62 bits per heavy atom. The summed E-state index contributed by atoms with van der Waals surface area (Å²) in [6, 6.07) is 14.0. The summed E-state index contributed by atoms with van der Waals surface area (Å²) in [5.74, 6) is 0.740. The molecule has 0 aliphatic rings. The molecular formula is C19H17FN2O2S2. The summed E-state index contributed by atoms with van der Waals surface area (Å²) < 4.78 is 19.2. The molecule has 0 aliphatic carbocycles. The van der Waals surface area contributed by atoms with Crippen molar-refractivity contribution < 1.29 is 13.9 Å². The van der Waals surface area contributed by atoms with Crippen LogP contribution in [0.25, 0.3) is 0 Å². The molecule has 3 rings (SSSR count). The van der Waals surface area contributed by atoms with Crippen LogP contribution < -0.4 is 9.64 Å². The topological polar surface area (TPSA) is 42.4 Å². The molecule has 0 saturated heterocycles. The molecular weight excluding hydrogens is 371 g/mol. The third kappa shape index (κ3) is 4.23. The molecule has 134 valence electrons. The van der Waals surface area contributed by atoms with Gasteiger partial charge in [-0.2, -0.15) is 0 Å². The Morgan fingerprint density at radius 1 is 1.23 bits per heavy atom. The van der Waals surface area contributed by atoms with Crippen LogP contribution in [0.4, 0.5) is 15.2 Å². The van der Waals surface area contributed by atoms with E-state index >= 15 is 0 Å². The summed E-state index contributed by atoms with van der Waals surface area (Å²) in [5, 5.41) is 2.36. The maximum Gasteiger partial charge on any atom is 0.230 e. The largest absolute Gasteiger partial charge is 0.497 e. The van der Waals surface area contributed by atoms with Crippen molar-refractivity contribution in [3.8, 4) is 5.75 Å². The number of halogens is 1. The van der Waals surface area contributed by atoms with Crippen LogP contribution in [0.3, 0.4) is 0 Å². The summed E-state index contributed by atoms with van der Waals surface area (Å²) in [6.07, 6.45) is 0. The first-order valence-corrected chi connectivity index (χ1v) is 9.71. The van der Waals surface area contributed by atoms with Gasteiger partial charge < -0.3 is 4.74 Å². The van der Waals surface area contributed by atoms with E-state index in [1.165, 1.54) is 29.2 Å². The van der Waals surface area contributed by atoms with E-state index in [2.05, 4.69) is 4.98 Å². The lowest BCUT2D eigenvalue weighted by Crippen LogP contribution is -2.23. The zero-order valence-corrected chi connectivity index (χ0v) is 15.9. The van der Waals surface area contributed by atoms with E-state index in [4.69, 9.17) is 4.74 Å². The van der Waals surface area contributed by atoms with Gasteiger partial charge >= 0.3 is 0 Å². The number of anilines is 2. The highest BCUT2D eigenvalue weighted by molar-refractivity contribution is 7.98. The third-order valence-electron chi connectivity index (χ3n) is 3.59. The van der Waals surface area contributed by atoms with Gasteiger partial charge in [-0.25, -0.2) is 9.37 Å². The lowest BCUT2D eigenvalue weighted by atomic mass is 10.3.